The first-order valence-corrected chi connectivity index (χ1v) is 6.13. The molecule has 0 bridgehead atoms. The summed E-state index contributed by atoms with van der Waals surface area (Å²) in [6.07, 6.45) is -4.49. The maximum absolute atomic E-state index is 13.6. The molecule has 0 unspecified atom stereocenters. The summed E-state index contributed by atoms with van der Waals surface area (Å²) < 4.78 is 65.4. The Labute approximate surface area is 118 Å². The lowest BCUT2D eigenvalue weighted by molar-refractivity contribution is -0.138. The molecule has 0 aliphatic carbocycles. The first-order valence-electron chi connectivity index (χ1n) is 6.13. The van der Waals surface area contributed by atoms with Gasteiger partial charge in [0.1, 0.15) is 11.6 Å². The maximum atomic E-state index is 13.6. The highest BCUT2D eigenvalue weighted by Crippen LogP contribution is 2.32. The molecule has 0 aromatic heterocycles. The molecule has 2 rings (SSSR count). The van der Waals surface area contributed by atoms with Crippen LogP contribution in [0.1, 0.15) is 16.7 Å². The Morgan fingerprint density at radius 3 is 2.33 bits per heavy atom. The van der Waals surface area contributed by atoms with Crippen LogP contribution in [0.15, 0.2) is 36.4 Å². The Hall–Kier alpha value is -2.11. The van der Waals surface area contributed by atoms with Crippen molar-refractivity contribution in [2.24, 2.45) is 0 Å². The van der Waals surface area contributed by atoms with Crippen LogP contribution in [-0.4, -0.2) is 0 Å². The van der Waals surface area contributed by atoms with Gasteiger partial charge in [-0.1, -0.05) is 18.2 Å². The lowest BCUT2D eigenvalue weighted by Gasteiger charge is -2.14. The minimum Gasteiger partial charge on any atom is -0.378 e. The van der Waals surface area contributed by atoms with Gasteiger partial charge in [-0.05, 0) is 30.2 Å². The minimum atomic E-state index is -4.49. The fourth-order valence-electron chi connectivity index (χ4n) is 1.92. The number of aryl methyl sites for hydroxylation is 1. The fraction of sp³-hybridized carbons (Fsp3) is 0.200. The van der Waals surface area contributed by atoms with Crippen LogP contribution < -0.4 is 5.32 Å². The summed E-state index contributed by atoms with van der Waals surface area (Å²) in [6, 6.07) is 6.90. The van der Waals surface area contributed by atoms with Crippen LogP contribution in [0, 0.1) is 18.6 Å². The van der Waals surface area contributed by atoms with E-state index in [4.69, 9.17) is 0 Å². The van der Waals surface area contributed by atoms with E-state index < -0.39 is 23.4 Å². The Kier molecular flexibility index (Phi) is 4.16. The molecule has 0 atom stereocenters. The highest BCUT2D eigenvalue weighted by atomic mass is 19.4. The van der Waals surface area contributed by atoms with Gasteiger partial charge in [-0.15, -0.1) is 0 Å². The molecule has 2 aromatic rings. The first kappa shape index (κ1) is 15.3. The first-order chi connectivity index (χ1) is 9.79. The van der Waals surface area contributed by atoms with Crippen molar-refractivity contribution in [3.63, 3.8) is 0 Å². The third kappa shape index (κ3) is 3.51. The van der Waals surface area contributed by atoms with Crippen LogP contribution in [0.3, 0.4) is 0 Å². The van der Waals surface area contributed by atoms with E-state index in [2.05, 4.69) is 5.32 Å². The van der Waals surface area contributed by atoms with Crippen LogP contribution in [0.5, 0.6) is 0 Å². The zero-order valence-electron chi connectivity index (χ0n) is 11.1. The van der Waals surface area contributed by atoms with Gasteiger partial charge in [0, 0.05) is 12.6 Å². The second-order valence-corrected chi connectivity index (χ2v) is 4.59. The highest BCUT2D eigenvalue weighted by Gasteiger charge is 2.32. The number of hydrogen-bond donors (Lipinski definition) is 1. The van der Waals surface area contributed by atoms with Crippen LogP contribution in [0.25, 0.3) is 0 Å². The van der Waals surface area contributed by atoms with E-state index in [1.54, 1.807) is 0 Å². The average Bonchev–Trinajstić information content (AvgIpc) is 2.41. The smallest absolute Gasteiger partial charge is 0.378 e. The van der Waals surface area contributed by atoms with E-state index in [-0.39, 0.29) is 23.4 Å². The van der Waals surface area contributed by atoms with Crippen molar-refractivity contribution >= 4 is 5.69 Å². The summed E-state index contributed by atoms with van der Waals surface area (Å²) in [5, 5.41) is 2.49. The van der Waals surface area contributed by atoms with Gasteiger partial charge >= 0.3 is 6.18 Å². The van der Waals surface area contributed by atoms with E-state index in [1.165, 1.54) is 25.1 Å². The number of halogens is 5. The molecule has 112 valence electrons. The topological polar surface area (TPSA) is 12.0 Å². The Balaban J connectivity index is 2.23. The number of anilines is 1. The van der Waals surface area contributed by atoms with Crippen LogP contribution in [0.4, 0.5) is 27.6 Å². The van der Waals surface area contributed by atoms with Gasteiger partial charge in [0.15, 0.2) is 0 Å². The molecule has 0 fully saturated rings. The molecule has 1 nitrogen and oxygen atoms in total. The quantitative estimate of drug-likeness (QED) is 0.795. The average molecular weight is 301 g/mol. The molecule has 0 saturated heterocycles. The van der Waals surface area contributed by atoms with E-state index in [0.29, 0.717) is 0 Å². The summed E-state index contributed by atoms with van der Waals surface area (Å²) in [5.74, 6) is -1.33. The zero-order chi connectivity index (χ0) is 15.6. The molecule has 0 spiro atoms. The number of nitrogens with one attached hydrogen (secondary N) is 1. The lowest BCUT2D eigenvalue weighted by Crippen LogP contribution is -2.12. The van der Waals surface area contributed by atoms with Crippen molar-refractivity contribution in [3.8, 4) is 0 Å². The van der Waals surface area contributed by atoms with Gasteiger partial charge in [0.2, 0.25) is 0 Å². The Morgan fingerprint density at radius 1 is 1.00 bits per heavy atom. The van der Waals surface area contributed by atoms with Gasteiger partial charge in [-0.2, -0.15) is 13.2 Å². The summed E-state index contributed by atoms with van der Waals surface area (Å²) in [4.78, 5) is 0. The van der Waals surface area contributed by atoms with Gasteiger partial charge in [0.25, 0.3) is 0 Å². The molecule has 21 heavy (non-hydrogen) atoms. The third-order valence-corrected chi connectivity index (χ3v) is 3.04. The number of alkyl halides is 3. The van der Waals surface area contributed by atoms with Gasteiger partial charge in [0.05, 0.1) is 11.3 Å². The molecule has 0 saturated carbocycles. The lowest BCUT2D eigenvalue weighted by atomic mass is 10.1. The largest absolute Gasteiger partial charge is 0.416 e. The summed E-state index contributed by atoms with van der Waals surface area (Å²) in [6.45, 7) is 1.15. The van der Waals surface area contributed by atoms with Crippen LogP contribution in [-0.2, 0) is 12.7 Å². The molecule has 0 amide bonds. The van der Waals surface area contributed by atoms with Crippen molar-refractivity contribution in [2.75, 3.05) is 5.32 Å². The fourth-order valence-corrected chi connectivity index (χ4v) is 1.92. The Morgan fingerprint density at radius 2 is 1.67 bits per heavy atom. The van der Waals surface area contributed by atoms with Gasteiger partial charge < -0.3 is 5.32 Å². The zero-order valence-corrected chi connectivity index (χ0v) is 11.1. The number of hydrogen-bond acceptors (Lipinski definition) is 1. The van der Waals surface area contributed by atoms with E-state index in [0.717, 1.165) is 18.2 Å². The predicted molar refractivity (Wildman–Crippen MR) is 69.9 cm³/mol. The third-order valence-electron chi connectivity index (χ3n) is 3.04. The van der Waals surface area contributed by atoms with E-state index in [9.17, 15) is 22.0 Å². The van der Waals surface area contributed by atoms with Crippen molar-refractivity contribution < 1.29 is 22.0 Å². The molecule has 0 heterocycles. The number of benzene rings is 2. The molecule has 6 heteroatoms. The van der Waals surface area contributed by atoms with E-state index >= 15 is 0 Å². The second kappa shape index (κ2) is 5.71. The normalized spacial score (nSPS) is 11.5. The van der Waals surface area contributed by atoms with Crippen LogP contribution >= 0.6 is 0 Å². The molecular formula is C15H12F5N. The van der Waals surface area contributed by atoms with Crippen molar-refractivity contribution in [1.29, 1.82) is 0 Å². The number of rotatable bonds is 3. The van der Waals surface area contributed by atoms with Gasteiger partial charge in [-0.25, -0.2) is 8.78 Å². The molecule has 0 aliphatic rings. The van der Waals surface area contributed by atoms with Crippen LogP contribution in [0.2, 0.25) is 0 Å². The van der Waals surface area contributed by atoms with Crippen molar-refractivity contribution in [3.05, 3.63) is 64.7 Å². The monoisotopic (exact) mass is 301 g/mol. The molecule has 0 radical (unpaired) electrons. The summed E-state index contributed by atoms with van der Waals surface area (Å²) >= 11 is 0. The Bertz CT molecular complexity index is 649. The molecule has 0 aliphatic heterocycles. The summed E-state index contributed by atoms with van der Waals surface area (Å²) in [5.41, 5.74) is -0.875. The highest BCUT2D eigenvalue weighted by molar-refractivity contribution is 5.48. The molecular weight excluding hydrogens is 289 g/mol. The maximum Gasteiger partial charge on any atom is 0.416 e. The van der Waals surface area contributed by atoms with Crippen molar-refractivity contribution in [2.45, 2.75) is 19.6 Å². The standard InChI is InChI=1S/C15H12F5N/c1-9-6-13(17)14(7-12(9)16)21-8-10-4-2-3-5-11(10)15(18,19)20/h2-7,21H,8H2,1H3. The SMILES string of the molecule is Cc1cc(F)c(NCc2ccccc2C(F)(F)F)cc1F. The molecule has 1 N–H and O–H groups in total. The molecule has 2 aromatic carbocycles. The van der Waals surface area contributed by atoms with Gasteiger partial charge in [-0.3, -0.25) is 0 Å². The van der Waals surface area contributed by atoms with E-state index in [1.807, 2.05) is 0 Å². The summed E-state index contributed by atoms with van der Waals surface area (Å²) in [7, 11) is 0. The second-order valence-electron chi connectivity index (χ2n) is 4.59. The minimum absolute atomic E-state index is 0.0367. The predicted octanol–water partition coefficient (Wildman–Crippen LogP) is 4.90. The van der Waals surface area contributed by atoms with Crippen molar-refractivity contribution in [1.82, 2.24) is 0 Å².